The van der Waals surface area contributed by atoms with E-state index in [1.54, 1.807) is 6.07 Å². The van der Waals surface area contributed by atoms with Crippen molar-refractivity contribution in [3.8, 4) is 11.5 Å². The van der Waals surface area contributed by atoms with Crippen LogP contribution in [0.25, 0.3) is 0 Å². The first-order valence-electron chi connectivity index (χ1n) is 10.4. The van der Waals surface area contributed by atoms with E-state index >= 15 is 0 Å². The van der Waals surface area contributed by atoms with Gasteiger partial charge in [0.2, 0.25) is 0 Å². The minimum Gasteiger partial charge on any atom is -0.506 e. The second-order valence-electron chi connectivity index (χ2n) is 7.66. The number of hydrogen-bond acceptors (Lipinski definition) is 5. The quantitative estimate of drug-likeness (QED) is 0.321. The van der Waals surface area contributed by atoms with Crippen molar-refractivity contribution in [3.63, 3.8) is 0 Å². The maximum absolute atomic E-state index is 10.1. The number of nitrogens with one attached hydrogen (secondary N) is 1. The number of rotatable bonds is 7. The Balaban J connectivity index is 0.00000341. The van der Waals surface area contributed by atoms with Crippen LogP contribution >= 0.6 is 24.0 Å². The number of aromatic hydroxyl groups is 1. The Morgan fingerprint density at radius 2 is 1.84 bits per heavy atom. The largest absolute Gasteiger partial charge is 0.506 e. The van der Waals surface area contributed by atoms with Gasteiger partial charge in [0.05, 0.1) is 5.69 Å². The molecule has 31 heavy (non-hydrogen) atoms. The number of anilines is 1. The first-order valence-corrected chi connectivity index (χ1v) is 10.4. The lowest BCUT2D eigenvalue weighted by molar-refractivity contribution is 0.261. The topological polar surface area (TPSA) is 63.6 Å². The van der Waals surface area contributed by atoms with Crippen LogP contribution in [-0.4, -0.2) is 81.3 Å². The predicted octanol–water partition coefficient (Wildman–Crippen LogP) is 2.85. The molecule has 3 rings (SSSR count). The molecule has 0 spiro atoms. The molecular formula is C23H34IN5O2. The monoisotopic (exact) mass is 539 g/mol. The maximum atomic E-state index is 10.1. The number of guanidine groups is 1. The molecule has 0 unspecified atom stereocenters. The number of hydrogen-bond donors (Lipinski definition) is 2. The second-order valence-corrected chi connectivity index (χ2v) is 7.66. The summed E-state index contributed by atoms with van der Waals surface area (Å²) in [6.07, 6.45) is 0. The average Bonchev–Trinajstić information content (AvgIpc) is 2.75. The van der Waals surface area contributed by atoms with E-state index < -0.39 is 0 Å². The van der Waals surface area contributed by atoms with Gasteiger partial charge in [-0.25, -0.2) is 0 Å². The lowest BCUT2D eigenvalue weighted by Crippen LogP contribution is -2.52. The van der Waals surface area contributed by atoms with Crippen LogP contribution in [0, 0.1) is 0 Å². The molecule has 1 heterocycles. The molecule has 7 nitrogen and oxygen atoms in total. The van der Waals surface area contributed by atoms with Crippen molar-refractivity contribution in [2.24, 2.45) is 4.99 Å². The van der Waals surface area contributed by atoms with E-state index in [1.165, 1.54) is 0 Å². The van der Waals surface area contributed by atoms with Crippen LogP contribution in [0.5, 0.6) is 11.5 Å². The highest BCUT2D eigenvalue weighted by atomic mass is 127. The van der Waals surface area contributed by atoms with Crippen LogP contribution in [0.2, 0.25) is 0 Å². The van der Waals surface area contributed by atoms with Gasteiger partial charge in [0.1, 0.15) is 18.1 Å². The van der Waals surface area contributed by atoms with E-state index in [0.717, 1.165) is 55.7 Å². The van der Waals surface area contributed by atoms with E-state index in [0.29, 0.717) is 18.9 Å². The molecule has 0 aliphatic carbocycles. The Labute approximate surface area is 202 Å². The molecule has 170 valence electrons. The lowest BCUT2D eigenvalue weighted by atomic mass is 10.2. The molecule has 1 saturated heterocycles. The zero-order valence-corrected chi connectivity index (χ0v) is 21.0. The van der Waals surface area contributed by atoms with Gasteiger partial charge in [-0.15, -0.1) is 24.0 Å². The maximum Gasteiger partial charge on any atom is 0.194 e. The van der Waals surface area contributed by atoms with Gasteiger partial charge in [-0.05, 0) is 43.9 Å². The van der Waals surface area contributed by atoms with Crippen LogP contribution < -0.4 is 15.0 Å². The first-order chi connectivity index (χ1) is 14.6. The Kier molecular flexibility index (Phi) is 10.2. The van der Waals surface area contributed by atoms with Crippen LogP contribution in [0.4, 0.5) is 5.69 Å². The van der Waals surface area contributed by atoms with Crippen molar-refractivity contribution in [2.75, 3.05) is 65.4 Å². The average molecular weight is 539 g/mol. The van der Waals surface area contributed by atoms with Crippen LogP contribution in [0.15, 0.2) is 53.5 Å². The fraction of sp³-hybridized carbons (Fsp3) is 0.435. The molecule has 2 aromatic rings. The fourth-order valence-corrected chi connectivity index (χ4v) is 3.50. The van der Waals surface area contributed by atoms with Crippen molar-refractivity contribution >= 4 is 35.6 Å². The van der Waals surface area contributed by atoms with Gasteiger partial charge < -0.3 is 29.9 Å². The van der Waals surface area contributed by atoms with Gasteiger partial charge in [-0.1, -0.05) is 24.3 Å². The zero-order valence-electron chi connectivity index (χ0n) is 18.6. The molecular weight excluding hydrogens is 505 g/mol. The smallest absolute Gasteiger partial charge is 0.194 e. The summed E-state index contributed by atoms with van der Waals surface area (Å²) >= 11 is 0. The van der Waals surface area contributed by atoms with Gasteiger partial charge in [-0.2, -0.15) is 0 Å². The number of phenols is 1. The number of piperazine rings is 1. The Bertz CT molecular complexity index is 838. The molecule has 0 bridgehead atoms. The highest BCUT2D eigenvalue weighted by Crippen LogP contribution is 2.27. The molecule has 0 saturated carbocycles. The minimum absolute atomic E-state index is 0. The van der Waals surface area contributed by atoms with Gasteiger partial charge in [0.25, 0.3) is 0 Å². The SMILES string of the molecule is CN=C(NCc1cccc(OCCN(C)C)c1)N1CCN(c2ccccc2O)CC1.I. The molecule has 1 aliphatic heterocycles. The summed E-state index contributed by atoms with van der Waals surface area (Å²) in [5.74, 6) is 2.12. The summed E-state index contributed by atoms with van der Waals surface area (Å²) in [5.41, 5.74) is 2.05. The number of benzene rings is 2. The van der Waals surface area contributed by atoms with Crippen molar-refractivity contribution in [2.45, 2.75) is 6.54 Å². The number of aliphatic imine (C=N–C) groups is 1. The molecule has 2 N–H and O–H groups in total. The lowest BCUT2D eigenvalue weighted by Gasteiger charge is -2.37. The summed E-state index contributed by atoms with van der Waals surface area (Å²) < 4.78 is 5.83. The first kappa shape index (κ1) is 25.1. The van der Waals surface area contributed by atoms with Crippen LogP contribution in [0.3, 0.4) is 0 Å². The molecule has 0 radical (unpaired) electrons. The van der Waals surface area contributed by atoms with Gasteiger partial charge in [-0.3, -0.25) is 4.99 Å². The van der Waals surface area contributed by atoms with Gasteiger partial charge in [0.15, 0.2) is 5.96 Å². The second kappa shape index (κ2) is 12.6. The summed E-state index contributed by atoms with van der Waals surface area (Å²) in [4.78, 5) is 11.0. The van der Waals surface area contributed by atoms with Crippen LogP contribution in [-0.2, 0) is 6.54 Å². The minimum atomic E-state index is 0. The highest BCUT2D eigenvalue weighted by molar-refractivity contribution is 14.0. The Morgan fingerprint density at radius 3 is 2.52 bits per heavy atom. The number of phenolic OH excluding ortho intramolecular Hbond substituents is 1. The third-order valence-electron chi connectivity index (χ3n) is 5.17. The standard InChI is InChI=1S/C23H33N5O2.HI/c1-24-23(25-18-19-7-6-8-20(17-19)30-16-15-26(2)3)28-13-11-27(12-14-28)21-9-4-5-10-22(21)29;/h4-10,17,29H,11-16,18H2,1-3H3,(H,24,25);1H. The molecule has 1 aliphatic rings. The Morgan fingerprint density at radius 1 is 1.10 bits per heavy atom. The molecule has 0 atom stereocenters. The predicted molar refractivity (Wildman–Crippen MR) is 138 cm³/mol. The van der Waals surface area contributed by atoms with E-state index in [4.69, 9.17) is 4.74 Å². The summed E-state index contributed by atoms with van der Waals surface area (Å²) in [5, 5.41) is 13.6. The molecule has 8 heteroatoms. The van der Waals surface area contributed by atoms with E-state index in [9.17, 15) is 5.11 Å². The van der Waals surface area contributed by atoms with E-state index in [2.05, 4.69) is 37.1 Å². The van der Waals surface area contributed by atoms with Crippen molar-refractivity contribution in [3.05, 3.63) is 54.1 Å². The third kappa shape index (κ3) is 7.46. The Hall–Kier alpha value is -2.20. The molecule has 1 fully saturated rings. The summed E-state index contributed by atoms with van der Waals surface area (Å²) in [6.45, 7) is 5.64. The van der Waals surface area contributed by atoms with E-state index in [1.807, 2.05) is 51.5 Å². The third-order valence-corrected chi connectivity index (χ3v) is 5.17. The fourth-order valence-electron chi connectivity index (χ4n) is 3.50. The van der Waals surface area contributed by atoms with Crippen molar-refractivity contribution < 1.29 is 9.84 Å². The number of ether oxygens (including phenoxy) is 1. The number of nitrogens with zero attached hydrogens (tertiary/aromatic N) is 4. The van der Waals surface area contributed by atoms with Crippen LogP contribution in [0.1, 0.15) is 5.56 Å². The number of halogens is 1. The zero-order chi connectivity index (χ0) is 21.3. The summed E-state index contributed by atoms with van der Waals surface area (Å²) in [7, 11) is 5.90. The normalized spacial score (nSPS) is 14.4. The van der Waals surface area contributed by atoms with Gasteiger partial charge in [0, 0.05) is 46.3 Å². The molecule has 0 aromatic heterocycles. The van der Waals surface area contributed by atoms with Crippen molar-refractivity contribution in [1.82, 2.24) is 15.1 Å². The van der Waals surface area contributed by atoms with Crippen molar-refractivity contribution in [1.29, 1.82) is 0 Å². The highest BCUT2D eigenvalue weighted by Gasteiger charge is 2.21. The number of para-hydroxylation sites is 2. The molecule has 0 amide bonds. The number of likely N-dealkylation sites (N-methyl/N-ethyl adjacent to an activating group) is 1. The summed E-state index contributed by atoms with van der Waals surface area (Å²) in [6, 6.07) is 15.7. The van der Waals surface area contributed by atoms with E-state index in [-0.39, 0.29) is 24.0 Å². The molecule has 2 aromatic carbocycles. The van der Waals surface area contributed by atoms with Gasteiger partial charge >= 0.3 is 0 Å².